The molecule has 1 aromatic carbocycles. The molecule has 0 saturated heterocycles. The monoisotopic (exact) mass is 388 g/mol. The van der Waals surface area contributed by atoms with E-state index in [-0.39, 0.29) is 11.1 Å². The van der Waals surface area contributed by atoms with Crippen molar-refractivity contribution < 1.29 is 24.5 Å². The van der Waals surface area contributed by atoms with E-state index in [1.54, 1.807) is 12.1 Å². The van der Waals surface area contributed by atoms with Crippen LogP contribution in [0.25, 0.3) is 11.1 Å². The number of hydrogen-bond acceptors (Lipinski definition) is 5. The Morgan fingerprint density at radius 3 is 2.18 bits per heavy atom. The van der Waals surface area contributed by atoms with Crippen molar-refractivity contribution in [3.05, 3.63) is 45.7 Å². The third-order valence-corrected chi connectivity index (χ3v) is 4.33. The normalized spacial score (nSPS) is 10.6. The molecule has 0 unspecified atom stereocenters. The first-order valence-corrected chi connectivity index (χ1v) is 9.12. The van der Waals surface area contributed by atoms with Crippen molar-refractivity contribution in [1.82, 2.24) is 4.98 Å². The highest BCUT2D eigenvalue weighted by molar-refractivity contribution is 6.07. The van der Waals surface area contributed by atoms with E-state index >= 15 is 0 Å². The van der Waals surface area contributed by atoms with Crippen LogP contribution in [0.15, 0.2) is 29.1 Å². The Kier molecular flexibility index (Phi) is 7.20. The fourth-order valence-corrected chi connectivity index (χ4v) is 2.95. The molecular formula is C20H24N2O6. The molecule has 0 fully saturated rings. The Labute approximate surface area is 162 Å². The molecule has 0 atom stereocenters. The number of carbonyl (C=O) groups is 2. The molecule has 0 amide bonds. The van der Waals surface area contributed by atoms with E-state index in [4.69, 9.17) is 10.5 Å². The van der Waals surface area contributed by atoms with Gasteiger partial charge in [-0.1, -0.05) is 44.7 Å². The summed E-state index contributed by atoms with van der Waals surface area (Å²) < 4.78 is 5.65. The molecule has 5 N–H and O–H groups in total. The minimum Gasteiger partial charge on any atom is -0.494 e. The number of pyridine rings is 1. The van der Waals surface area contributed by atoms with Crippen molar-refractivity contribution in [2.75, 3.05) is 12.3 Å². The van der Waals surface area contributed by atoms with Gasteiger partial charge in [0.1, 0.15) is 22.7 Å². The number of ether oxygens (including phenoxy) is 1. The number of aromatic amines is 1. The molecule has 150 valence electrons. The lowest BCUT2D eigenvalue weighted by molar-refractivity contribution is 0.0695. The molecule has 0 radical (unpaired) electrons. The van der Waals surface area contributed by atoms with Gasteiger partial charge in [-0.3, -0.25) is 4.79 Å². The van der Waals surface area contributed by atoms with Crippen molar-refractivity contribution in [3.8, 4) is 16.9 Å². The van der Waals surface area contributed by atoms with Crippen molar-refractivity contribution in [2.24, 2.45) is 0 Å². The predicted octanol–water partition coefficient (Wildman–Crippen LogP) is 3.37. The zero-order valence-electron chi connectivity index (χ0n) is 15.7. The van der Waals surface area contributed by atoms with Gasteiger partial charge in [0.25, 0.3) is 5.56 Å². The van der Waals surface area contributed by atoms with Crippen LogP contribution < -0.4 is 16.0 Å². The Bertz CT molecular complexity index is 902. The SMILES string of the molecule is CCCCCCCOc1ccc(-c2c(C(=O)O)c(N)[nH]c(=O)c2C(=O)O)cc1. The first-order chi connectivity index (χ1) is 13.4. The average molecular weight is 388 g/mol. The van der Waals surface area contributed by atoms with Crippen LogP contribution in [-0.4, -0.2) is 33.7 Å². The molecule has 28 heavy (non-hydrogen) atoms. The van der Waals surface area contributed by atoms with E-state index < -0.39 is 34.4 Å². The summed E-state index contributed by atoms with van der Waals surface area (Å²) in [6, 6.07) is 6.24. The number of carboxylic acid groups (broad SMARTS) is 2. The van der Waals surface area contributed by atoms with Crippen LogP contribution in [-0.2, 0) is 0 Å². The zero-order chi connectivity index (χ0) is 20.7. The van der Waals surface area contributed by atoms with Gasteiger partial charge in [0.15, 0.2) is 0 Å². The number of H-pyrrole nitrogens is 1. The summed E-state index contributed by atoms with van der Waals surface area (Å²) in [6.07, 6.45) is 5.55. The summed E-state index contributed by atoms with van der Waals surface area (Å²) in [5.41, 5.74) is 3.56. The van der Waals surface area contributed by atoms with Crippen molar-refractivity contribution in [2.45, 2.75) is 39.0 Å². The molecule has 0 bridgehead atoms. The summed E-state index contributed by atoms with van der Waals surface area (Å²) in [4.78, 5) is 37.2. The number of aromatic carboxylic acids is 2. The van der Waals surface area contributed by atoms with Crippen LogP contribution >= 0.6 is 0 Å². The molecule has 0 saturated carbocycles. The standard InChI is InChI=1S/C20H24N2O6/c1-2-3-4-5-6-11-28-13-9-7-12(8-10-13)14-15(19(24)25)17(21)22-18(23)16(14)20(26)27/h7-10H,2-6,11H2,1H3,(H,24,25)(H,26,27)(H3,21,22,23). The van der Waals surface area contributed by atoms with Gasteiger partial charge < -0.3 is 25.7 Å². The summed E-state index contributed by atoms with van der Waals surface area (Å²) in [6.45, 7) is 2.71. The molecule has 2 rings (SSSR count). The highest BCUT2D eigenvalue weighted by Gasteiger charge is 2.26. The van der Waals surface area contributed by atoms with E-state index in [9.17, 15) is 24.6 Å². The lowest BCUT2D eigenvalue weighted by atomic mass is 9.95. The average Bonchev–Trinajstić information content (AvgIpc) is 2.63. The molecule has 2 aromatic rings. The summed E-state index contributed by atoms with van der Waals surface area (Å²) in [5, 5.41) is 18.8. The Morgan fingerprint density at radius 2 is 1.61 bits per heavy atom. The van der Waals surface area contributed by atoms with Crippen molar-refractivity contribution in [1.29, 1.82) is 0 Å². The topological polar surface area (TPSA) is 143 Å². The van der Waals surface area contributed by atoms with Crippen LogP contribution in [0.4, 0.5) is 5.82 Å². The van der Waals surface area contributed by atoms with Crippen LogP contribution in [0.3, 0.4) is 0 Å². The van der Waals surface area contributed by atoms with Gasteiger partial charge in [0.2, 0.25) is 0 Å². The summed E-state index contributed by atoms with van der Waals surface area (Å²) in [5.74, 6) is -2.79. The molecule has 0 spiro atoms. The van der Waals surface area contributed by atoms with Crippen LogP contribution in [0, 0.1) is 0 Å². The van der Waals surface area contributed by atoms with E-state index in [2.05, 4.69) is 11.9 Å². The van der Waals surface area contributed by atoms with Gasteiger partial charge in [-0.25, -0.2) is 9.59 Å². The maximum Gasteiger partial charge on any atom is 0.342 e. The number of benzene rings is 1. The fraction of sp³-hybridized carbons (Fsp3) is 0.350. The minimum absolute atomic E-state index is 0.229. The van der Waals surface area contributed by atoms with Crippen LogP contribution in [0.1, 0.15) is 59.7 Å². The molecule has 0 aliphatic rings. The summed E-state index contributed by atoms with van der Waals surface area (Å²) in [7, 11) is 0. The Balaban J connectivity index is 2.29. The number of nitrogens with two attached hydrogens (primary N) is 1. The van der Waals surface area contributed by atoms with Gasteiger partial charge in [-0.05, 0) is 24.1 Å². The minimum atomic E-state index is -1.54. The maximum atomic E-state index is 12.0. The highest BCUT2D eigenvalue weighted by Crippen LogP contribution is 2.30. The highest BCUT2D eigenvalue weighted by atomic mass is 16.5. The molecule has 8 heteroatoms. The number of aromatic nitrogens is 1. The van der Waals surface area contributed by atoms with Crippen molar-refractivity contribution >= 4 is 17.8 Å². The summed E-state index contributed by atoms with van der Waals surface area (Å²) >= 11 is 0. The lowest BCUT2D eigenvalue weighted by Crippen LogP contribution is -2.24. The fourth-order valence-electron chi connectivity index (χ4n) is 2.95. The largest absolute Gasteiger partial charge is 0.494 e. The first kappa shape index (κ1) is 21.0. The maximum absolute atomic E-state index is 12.0. The smallest absolute Gasteiger partial charge is 0.342 e. The zero-order valence-corrected chi connectivity index (χ0v) is 15.7. The van der Waals surface area contributed by atoms with Gasteiger partial charge in [0, 0.05) is 5.56 Å². The first-order valence-electron chi connectivity index (χ1n) is 9.12. The number of nitrogen functional groups attached to an aromatic ring is 1. The Morgan fingerprint density at radius 1 is 1.00 bits per heavy atom. The number of carboxylic acids is 2. The molecule has 0 aliphatic heterocycles. The van der Waals surface area contributed by atoms with E-state index in [1.165, 1.54) is 31.4 Å². The van der Waals surface area contributed by atoms with Gasteiger partial charge >= 0.3 is 11.9 Å². The third-order valence-electron chi connectivity index (χ3n) is 4.33. The number of rotatable bonds is 10. The third kappa shape index (κ3) is 4.91. The lowest BCUT2D eigenvalue weighted by Gasteiger charge is -2.13. The molecule has 1 aromatic heterocycles. The van der Waals surface area contributed by atoms with E-state index in [0.717, 1.165) is 12.8 Å². The number of hydrogen-bond donors (Lipinski definition) is 4. The van der Waals surface area contributed by atoms with Crippen LogP contribution in [0.2, 0.25) is 0 Å². The van der Waals surface area contributed by atoms with Gasteiger partial charge in [-0.2, -0.15) is 0 Å². The van der Waals surface area contributed by atoms with Gasteiger partial charge in [0.05, 0.1) is 6.61 Å². The second-order valence-electron chi connectivity index (χ2n) is 6.39. The second kappa shape index (κ2) is 9.59. The Hall–Kier alpha value is -3.29. The molecule has 1 heterocycles. The predicted molar refractivity (Wildman–Crippen MR) is 105 cm³/mol. The number of nitrogens with one attached hydrogen (secondary N) is 1. The quantitative estimate of drug-likeness (QED) is 0.457. The number of unbranched alkanes of at least 4 members (excludes halogenated alkanes) is 4. The van der Waals surface area contributed by atoms with E-state index in [1.807, 2.05) is 0 Å². The number of anilines is 1. The van der Waals surface area contributed by atoms with Crippen molar-refractivity contribution in [3.63, 3.8) is 0 Å². The van der Waals surface area contributed by atoms with E-state index in [0.29, 0.717) is 12.4 Å². The molecule has 8 nitrogen and oxygen atoms in total. The molecule has 0 aliphatic carbocycles. The second-order valence-corrected chi connectivity index (χ2v) is 6.39. The van der Waals surface area contributed by atoms with Gasteiger partial charge in [-0.15, -0.1) is 0 Å². The molecular weight excluding hydrogens is 364 g/mol. The van der Waals surface area contributed by atoms with Crippen LogP contribution in [0.5, 0.6) is 5.75 Å².